The highest BCUT2D eigenvalue weighted by Crippen LogP contribution is 2.42. The molecule has 1 aromatic rings. The average molecular weight is 418 g/mol. The van der Waals surface area contributed by atoms with Gasteiger partial charge in [0.1, 0.15) is 5.82 Å². The lowest BCUT2D eigenvalue weighted by Crippen LogP contribution is -2.38. The molecule has 0 bridgehead atoms. The Morgan fingerprint density at radius 1 is 1.23 bits per heavy atom. The minimum absolute atomic E-state index is 0.110. The number of hydrogen-bond donors (Lipinski definition) is 1. The van der Waals surface area contributed by atoms with E-state index in [1.54, 1.807) is 6.20 Å². The van der Waals surface area contributed by atoms with Crippen LogP contribution in [-0.2, 0) is 20.9 Å². The molecular weight excluding hydrogens is 382 g/mol. The molecule has 4 atom stereocenters. The van der Waals surface area contributed by atoms with Crippen molar-refractivity contribution in [2.24, 2.45) is 11.8 Å². The SMILES string of the molecule is CCN(CC)C(=O)C[C@@H]1OC[C@@H]2[C@H]1[C@H](CC(=O)N1CCCC1)CN2Cc1ncc[nH]1. The number of ether oxygens (including phenoxy) is 1. The summed E-state index contributed by atoms with van der Waals surface area (Å²) < 4.78 is 6.17. The van der Waals surface area contributed by atoms with Gasteiger partial charge in [0.2, 0.25) is 11.8 Å². The van der Waals surface area contributed by atoms with E-state index < -0.39 is 0 Å². The molecule has 0 unspecified atom stereocenters. The summed E-state index contributed by atoms with van der Waals surface area (Å²) in [5, 5.41) is 0. The minimum Gasteiger partial charge on any atom is -0.376 e. The molecule has 30 heavy (non-hydrogen) atoms. The molecule has 0 spiro atoms. The smallest absolute Gasteiger partial charge is 0.225 e. The quantitative estimate of drug-likeness (QED) is 0.693. The van der Waals surface area contributed by atoms with Gasteiger partial charge in [-0.25, -0.2) is 4.98 Å². The molecular formula is C22H35N5O3. The third-order valence-corrected chi connectivity index (χ3v) is 7.13. The van der Waals surface area contributed by atoms with Gasteiger partial charge in [0, 0.05) is 63.5 Å². The van der Waals surface area contributed by atoms with Gasteiger partial charge in [-0.3, -0.25) is 14.5 Å². The maximum Gasteiger partial charge on any atom is 0.225 e. The van der Waals surface area contributed by atoms with Crippen LogP contribution in [0.5, 0.6) is 0 Å². The summed E-state index contributed by atoms with van der Waals surface area (Å²) in [4.78, 5) is 39.5. The van der Waals surface area contributed by atoms with Gasteiger partial charge < -0.3 is 19.5 Å². The molecule has 166 valence electrons. The Balaban J connectivity index is 1.48. The zero-order valence-electron chi connectivity index (χ0n) is 18.3. The summed E-state index contributed by atoms with van der Waals surface area (Å²) in [6.45, 7) is 9.44. The number of nitrogens with one attached hydrogen (secondary N) is 1. The van der Waals surface area contributed by atoms with Crippen LogP contribution in [0.4, 0.5) is 0 Å². The number of nitrogens with zero attached hydrogens (tertiary/aromatic N) is 4. The molecule has 8 nitrogen and oxygen atoms in total. The number of carbonyl (C=O) groups excluding carboxylic acids is 2. The summed E-state index contributed by atoms with van der Waals surface area (Å²) in [5.74, 6) is 1.78. The Kier molecular flexibility index (Phi) is 6.73. The number of fused-ring (bicyclic) bond motifs is 1. The van der Waals surface area contributed by atoms with Crippen LogP contribution in [0.15, 0.2) is 12.4 Å². The van der Waals surface area contributed by atoms with Crippen LogP contribution < -0.4 is 0 Å². The fourth-order valence-electron chi connectivity index (χ4n) is 5.57. The van der Waals surface area contributed by atoms with Crippen molar-refractivity contribution in [2.75, 3.05) is 39.3 Å². The molecule has 3 aliphatic rings. The van der Waals surface area contributed by atoms with Gasteiger partial charge in [-0.05, 0) is 32.6 Å². The second-order valence-electron chi connectivity index (χ2n) is 8.80. The second-order valence-corrected chi connectivity index (χ2v) is 8.80. The highest BCUT2D eigenvalue weighted by atomic mass is 16.5. The predicted molar refractivity (Wildman–Crippen MR) is 112 cm³/mol. The van der Waals surface area contributed by atoms with E-state index in [0.29, 0.717) is 19.4 Å². The summed E-state index contributed by atoms with van der Waals surface area (Å²) in [6, 6.07) is 0.237. The molecule has 0 saturated carbocycles. The molecule has 0 aromatic carbocycles. The summed E-state index contributed by atoms with van der Waals surface area (Å²) in [7, 11) is 0. The van der Waals surface area contributed by atoms with Gasteiger partial charge in [0.25, 0.3) is 0 Å². The number of aromatic amines is 1. The fourth-order valence-corrected chi connectivity index (χ4v) is 5.57. The van der Waals surface area contributed by atoms with E-state index >= 15 is 0 Å². The monoisotopic (exact) mass is 417 g/mol. The maximum absolute atomic E-state index is 12.9. The largest absolute Gasteiger partial charge is 0.376 e. The third-order valence-electron chi connectivity index (χ3n) is 7.13. The van der Waals surface area contributed by atoms with Crippen LogP contribution in [0.25, 0.3) is 0 Å². The maximum atomic E-state index is 12.9. The Hall–Kier alpha value is -1.93. The topological polar surface area (TPSA) is 81.8 Å². The number of hydrogen-bond acceptors (Lipinski definition) is 5. The molecule has 3 saturated heterocycles. The van der Waals surface area contributed by atoms with Crippen molar-refractivity contribution in [1.82, 2.24) is 24.7 Å². The van der Waals surface area contributed by atoms with Crippen molar-refractivity contribution >= 4 is 11.8 Å². The van der Waals surface area contributed by atoms with Crippen LogP contribution in [0, 0.1) is 11.8 Å². The van der Waals surface area contributed by atoms with Gasteiger partial charge in [0.15, 0.2) is 0 Å². The molecule has 2 amide bonds. The Morgan fingerprint density at radius 3 is 2.67 bits per heavy atom. The molecule has 1 aromatic heterocycles. The number of H-pyrrole nitrogens is 1. The van der Waals surface area contributed by atoms with E-state index in [2.05, 4.69) is 14.9 Å². The van der Waals surface area contributed by atoms with Crippen LogP contribution >= 0.6 is 0 Å². The van der Waals surface area contributed by atoms with Gasteiger partial charge in [-0.2, -0.15) is 0 Å². The van der Waals surface area contributed by atoms with E-state index in [9.17, 15) is 9.59 Å². The average Bonchev–Trinajstić information content (AvgIpc) is 3.51. The first-order valence-electron chi connectivity index (χ1n) is 11.5. The molecule has 4 rings (SSSR count). The van der Waals surface area contributed by atoms with Crippen molar-refractivity contribution in [3.05, 3.63) is 18.2 Å². The van der Waals surface area contributed by atoms with Crippen molar-refractivity contribution in [1.29, 1.82) is 0 Å². The van der Waals surface area contributed by atoms with Gasteiger partial charge in [0.05, 0.1) is 25.7 Å². The van der Waals surface area contributed by atoms with Gasteiger partial charge >= 0.3 is 0 Å². The van der Waals surface area contributed by atoms with Gasteiger partial charge in [-0.1, -0.05) is 0 Å². The fraction of sp³-hybridized carbons (Fsp3) is 0.773. The lowest BCUT2D eigenvalue weighted by atomic mass is 9.84. The zero-order valence-corrected chi connectivity index (χ0v) is 18.3. The molecule has 4 heterocycles. The van der Waals surface area contributed by atoms with Crippen molar-refractivity contribution in [3.63, 3.8) is 0 Å². The molecule has 1 N–H and O–H groups in total. The van der Waals surface area contributed by atoms with E-state index in [0.717, 1.165) is 57.9 Å². The zero-order chi connectivity index (χ0) is 21.1. The van der Waals surface area contributed by atoms with Crippen LogP contribution in [0.1, 0.15) is 45.4 Å². The summed E-state index contributed by atoms with van der Waals surface area (Å²) in [6.07, 6.45) is 6.68. The van der Waals surface area contributed by atoms with E-state index in [4.69, 9.17) is 4.74 Å². The molecule has 0 radical (unpaired) electrons. The number of likely N-dealkylation sites (tertiary alicyclic amines) is 2. The number of aromatic nitrogens is 2. The number of carbonyl (C=O) groups is 2. The minimum atomic E-state index is -0.110. The van der Waals surface area contributed by atoms with Gasteiger partial charge in [-0.15, -0.1) is 0 Å². The Labute approximate surface area is 178 Å². The first-order chi connectivity index (χ1) is 14.6. The first-order valence-corrected chi connectivity index (χ1v) is 11.5. The second kappa shape index (κ2) is 9.47. The summed E-state index contributed by atoms with van der Waals surface area (Å²) in [5.41, 5.74) is 0. The lowest BCUT2D eigenvalue weighted by molar-refractivity contribution is -0.134. The number of imidazole rings is 1. The number of rotatable bonds is 8. The molecule has 8 heteroatoms. The van der Waals surface area contributed by atoms with E-state index in [1.165, 1.54) is 0 Å². The third kappa shape index (κ3) is 4.39. The van der Waals surface area contributed by atoms with Crippen molar-refractivity contribution in [3.8, 4) is 0 Å². The van der Waals surface area contributed by atoms with Crippen LogP contribution in [0.2, 0.25) is 0 Å². The molecule has 3 fully saturated rings. The van der Waals surface area contributed by atoms with Crippen LogP contribution in [0.3, 0.4) is 0 Å². The highest BCUT2D eigenvalue weighted by molar-refractivity contribution is 5.77. The first kappa shape index (κ1) is 21.3. The Bertz CT molecular complexity index is 714. The highest BCUT2D eigenvalue weighted by Gasteiger charge is 2.51. The van der Waals surface area contributed by atoms with E-state index in [1.807, 2.05) is 29.8 Å². The van der Waals surface area contributed by atoms with E-state index in [-0.39, 0.29) is 35.8 Å². The summed E-state index contributed by atoms with van der Waals surface area (Å²) >= 11 is 0. The van der Waals surface area contributed by atoms with Crippen molar-refractivity contribution in [2.45, 2.75) is 58.2 Å². The molecule has 0 aliphatic carbocycles. The normalized spacial score (nSPS) is 28.8. The van der Waals surface area contributed by atoms with Crippen molar-refractivity contribution < 1.29 is 14.3 Å². The lowest BCUT2D eigenvalue weighted by Gasteiger charge is -2.26. The number of amides is 2. The Morgan fingerprint density at radius 2 is 2.00 bits per heavy atom. The molecule has 3 aliphatic heterocycles. The van der Waals surface area contributed by atoms with Crippen LogP contribution in [-0.4, -0.2) is 88.0 Å². The standard InChI is InChI=1S/C22H35N5O3/c1-3-25(4-2)21(29)12-18-22-16(11-20(28)26-9-5-6-10-26)13-27(17(22)15-30-18)14-19-23-7-8-24-19/h7-8,16-18,22H,3-6,9-15H2,1-2H3,(H,23,24)/t16-,17-,18+,22-/m1/s1. The predicted octanol–water partition coefficient (Wildman–Crippen LogP) is 1.50.